The average molecular weight is 699 g/mol. The topological polar surface area (TPSA) is 38.8 Å². The molecule has 3 aromatic rings. The standard InChI is InChI=1S/C42H57ClN4O.C2H6/c1-6-34-29-35-15-10-11-16-36(35)30-39(34)32(5)44-40(28-33-19-21-37(43)22-20-33)42(48)47-26-24-46(25-27-47)41(18-13-23-45(7-2)8-3)38-17-12-9-14-31(38)4;1-2/h9-12,14-17,19-22,34,39-41,44H,5-8,13,18,23-30H2,1-4H3;1-2H3. The molecule has 0 saturated carbocycles. The van der Waals surface area contributed by atoms with Gasteiger partial charge in [-0.3, -0.25) is 9.69 Å². The number of nitrogens with zero attached hydrogens (tertiary/aromatic N) is 3. The lowest BCUT2D eigenvalue weighted by Gasteiger charge is -2.42. The molecule has 1 heterocycles. The Labute approximate surface area is 309 Å². The van der Waals surface area contributed by atoms with E-state index in [0.29, 0.717) is 29.3 Å². The van der Waals surface area contributed by atoms with Gasteiger partial charge in [-0.05, 0) is 98.1 Å². The lowest BCUT2D eigenvalue weighted by Crippen LogP contribution is -2.55. The van der Waals surface area contributed by atoms with E-state index in [1.807, 2.05) is 38.1 Å². The Bertz CT molecular complexity index is 1480. The number of carbonyl (C=O) groups excluding carboxylic acids is 1. The fraction of sp³-hybridized carbons (Fsp3) is 0.523. The third-order valence-electron chi connectivity index (χ3n) is 11.1. The zero-order valence-electron chi connectivity index (χ0n) is 31.8. The minimum absolute atomic E-state index is 0.170. The molecule has 0 bridgehead atoms. The van der Waals surface area contributed by atoms with Gasteiger partial charge in [0.1, 0.15) is 6.04 Å². The molecule has 5 rings (SSSR count). The highest BCUT2D eigenvalue weighted by molar-refractivity contribution is 6.30. The summed E-state index contributed by atoms with van der Waals surface area (Å²) in [7, 11) is 0. The number of amides is 1. The molecule has 272 valence electrons. The Morgan fingerprint density at radius 1 is 0.900 bits per heavy atom. The number of nitrogens with one attached hydrogen (secondary N) is 1. The number of hydrogen-bond acceptors (Lipinski definition) is 4. The van der Waals surface area contributed by atoms with Gasteiger partial charge in [0, 0.05) is 55.3 Å². The van der Waals surface area contributed by atoms with Gasteiger partial charge in [0.05, 0.1) is 0 Å². The first-order valence-corrected chi connectivity index (χ1v) is 19.8. The molecular weight excluding hydrogens is 636 g/mol. The summed E-state index contributed by atoms with van der Waals surface area (Å²) in [4.78, 5) is 21.7. The van der Waals surface area contributed by atoms with Crippen molar-refractivity contribution in [3.8, 4) is 0 Å². The number of hydrogen-bond donors (Lipinski definition) is 1. The van der Waals surface area contributed by atoms with E-state index in [9.17, 15) is 4.79 Å². The predicted molar refractivity (Wildman–Crippen MR) is 213 cm³/mol. The van der Waals surface area contributed by atoms with Crippen molar-refractivity contribution in [1.82, 2.24) is 20.0 Å². The van der Waals surface area contributed by atoms with E-state index in [0.717, 1.165) is 82.8 Å². The third-order valence-corrected chi connectivity index (χ3v) is 11.3. The molecule has 1 fully saturated rings. The molecule has 4 atom stereocenters. The van der Waals surface area contributed by atoms with Crippen LogP contribution >= 0.6 is 11.6 Å². The molecule has 5 nitrogen and oxygen atoms in total. The van der Waals surface area contributed by atoms with Gasteiger partial charge in [0.2, 0.25) is 5.91 Å². The van der Waals surface area contributed by atoms with Crippen molar-refractivity contribution in [3.05, 3.63) is 118 Å². The van der Waals surface area contributed by atoms with Crippen LogP contribution in [0.5, 0.6) is 0 Å². The van der Waals surface area contributed by atoms with Gasteiger partial charge in [-0.2, -0.15) is 0 Å². The fourth-order valence-corrected chi connectivity index (χ4v) is 8.15. The highest BCUT2D eigenvalue weighted by atomic mass is 35.5. The summed E-state index contributed by atoms with van der Waals surface area (Å²) in [6.07, 6.45) is 6.02. The molecule has 2 aliphatic rings. The van der Waals surface area contributed by atoms with Crippen molar-refractivity contribution >= 4 is 17.5 Å². The number of halogens is 1. The van der Waals surface area contributed by atoms with Gasteiger partial charge < -0.3 is 15.1 Å². The molecule has 0 aromatic heterocycles. The van der Waals surface area contributed by atoms with Crippen LogP contribution in [0.4, 0.5) is 0 Å². The number of rotatable bonds is 15. The van der Waals surface area contributed by atoms with Gasteiger partial charge in [0.15, 0.2) is 0 Å². The number of piperazine rings is 1. The summed E-state index contributed by atoms with van der Waals surface area (Å²) in [5.41, 5.74) is 7.74. The van der Waals surface area contributed by atoms with Crippen molar-refractivity contribution in [3.63, 3.8) is 0 Å². The molecule has 1 aliphatic carbocycles. The van der Waals surface area contributed by atoms with E-state index in [4.69, 9.17) is 11.6 Å². The minimum Gasteiger partial charge on any atom is -0.377 e. The van der Waals surface area contributed by atoms with Crippen molar-refractivity contribution < 1.29 is 4.79 Å². The Morgan fingerprint density at radius 3 is 2.14 bits per heavy atom. The van der Waals surface area contributed by atoms with E-state index < -0.39 is 0 Å². The van der Waals surface area contributed by atoms with E-state index in [-0.39, 0.29) is 11.9 Å². The Kier molecular flexibility index (Phi) is 15.9. The largest absolute Gasteiger partial charge is 0.377 e. The quantitative estimate of drug-likeness (QED) is 0.172. The van der Waals surface area contributed by atoms with Crippen LogP contribution < -0.4 is 5.32 Å². The molecule has 1 N–H and O–H groups in total. The number of benzene rings is 3. The molecule has 0 radical (unpaired) electrons. The molecule has 1 amide bonds. The predicted octanol–water partition coefficient (Wildman–Crippen LogP) is 9.14. The van der Waals surface area contributed by atoms with Crippen LogP contribution in [0.25, 0.3) is 0 Å². The summed E-state index contributed by atoms with van der Waals surface area (Å²) >= 11 is 6.23. The van der Waals surface area contributed by atoms with E-state index >= 15 is 0 Å². The van der Waals surface area contributed by atoms with Crippen molar-refractivity contribution in [2.45, 2.75) is 92.2 Å². The maximum atomic E-state index is 14.4. The summed E-state index contributed by atoms with van der Waals surface area (Å²) in [5.74, 6) is 0.979. The van der Waals surface area contributed by atoms with Crippen LogP contribution in [0.3, 0.4) is 0 Å². The zero-order valence-corrected chi connectivity index (χ0v) is 32.5. The van der Waals surface area contributed by atoms with Crippen LogP contribution in [0.15, 0.2) is 85.1 Å². The first-order valence-electron chi connectivity index (χ1n) is 19.4. The second-order valence-electron chi connectivity index (χ2n) is 13.9. The zero-order chi connectivity index (χ0) is 36.0. The summed E-state index contributed by atoms with van der Waals surface area (Å²) in [5, 5.41) is 4.43. The van der Waals surface area contributed by atoms with Gasteiger partial charge in [-0.15, -0.1) is 0 Å². The van der Waals surface area contributed by atoms with Crippen molar-refractivity contribution in [2.75, 3.05) is 45.8 Å². The maximum absolute atomic E-state index is 14.4. The Balaban J connectivity index is 0.00000276. The molecule has 3 aromatic carbocycles. The molecule has 4 unspecified atom stereocenters. The van der Waals surface area contributed by atoms with Gasteiger partial charge in [-0.1, -0.05) is 120 Å². The highest BCUT2D eigenvalue weighted by Gasteiger charge is 2.34. The van der Waals surface area contributed by atoms with Crippen molar-refractivity contribution in [1.29, 1.82) is 0 Å². The third kappa shape index (κ3) is 10.5. The first-order chi connectivity index (χ1) is 24.3. The Morgan fingerprint density at radius 2 is 1.52 bits per heavy atom. The average Bonchev–Trinajstić information content (AvgIpc) is 3.16. The fourth-order valence-electron chi connectivity index (χ4n) is 8.03. The SMILES string of the molecule is C=C(NC(Cc1ccc(Cl)cc1)C(=O)N1CCN(C(CCCN(CC)CC)c2ccccc2C)CC1)C1Cc2ccccc2CC1CC.CC. The van der Waals surface area contributed by atoms with E-state index in [2.05, 4.69) is 103 Å². The molecule has 0 spiro atoms. The van der Waals surface area contributed by atoms with Gasteiger partial charge in [0.25, 0.3) is 0 Å². The smallest absolute Gasteiger partial charge is 0.245 e. The van der Waals surface area contributed by atoms with Crippen LogP contribution in [0.2, 0.25) is 5.02 Å². The molecule has 6 heteroatoms. The molecule has 1 saturated heterocycles. The highest BCUT2D eigenvalue weighted by Crippen LogP contribution is 2.36. The lowest BCUT2D eigenvalue weighted by atomic mass is 9.73. The molecular formula is C44H63ClN4O. The summed E-state index contributed by atoms with van der Waals surface area (Å²) in [6, 6.07) is 25.6. The number of fused-ring (bicyclic) bond motifs is 1. The minimum atomic E-state index is -0.374. The number of allylic oxidation sites excluding steroid dienone is 1. The molecule has 1 aliphatic heterocycles. The lowest BCUT2D eigenvalue weighted by molar-refractivity contribution is -0.135. The number of aryl methyl sites for hydroxylation is 1. The second kappa shape index (κ2) is 20.1. The van der Waals surface area contributed by atoms with Gasteiger partial charge in [-0.25, -0.2) is 0 Å². The summed E-state index contributed by atoms with van der Waals surface area (Å²) in [6.45, 7) is 24.1. The summed E-state index contributed by atoms with van der Waals surface area (Å²) < 4.78 is 0. The first kappa shape index (κ1) is 39.7. The van der Waals surface area contributed by atoms with Crippen LogP contribution in [0, 0.1) is 18.8 Å². The van der Waals surface area contributed by atoms with E-state index in [1.165, 1.54) is 28.7 Å². The van der Waals surface area contributed by atoms with Crippen LogP contribution in [-0.2, 0) is 24.1 Å². The Hall–Kier alpha value is -3.12. The molecule has 50 heavy (non-hydrogen) atoms. The second-order valence-corrected chi connectivity index (χ2v) is 14.3. The maximum Gasteiger partial charge on any atom is 0.245 e. The monoisotopic (exact) mass is 698 g/mol. The van der Waals surface area contributed by atoms with E-state index in [1.54, 1.807) is 0 Å². The van der Waals surface area contributed by atoms with Crippen molar-refractivity contribution in [2.24, 2.45) is 11.8 Å². The number of carbonyl (C=O) groups is 1. The van der Waals surface area contributed by atoms with Crippen LogP contribution in [-0.4, -0.2) is 72.5 Å². The van der Waals surface area contributed by atoms with Crippen LogP contribution in [0.1, 0.15) is 87.7 Å². The van der Waals surface area contributed by atoms with Gasteiger partial charge >= 0.3 is 0 Å². The normalized spacial score (nSPS) is 18.8.